The summed E-state index contributed by atoms with van der Waals surface area (Å²) >= 11 is 0. The number of aryl methyl sites for hydroxylation is 2. The highest BCUT2D eigenvalue weighted by Crippen LogP contribution is 1.79. The number of nitrogens with zero attached hydrogens (tertiary/aromatic N) is 2. The van der Waals surface area contributed by atoms with Gasteiger partial charge in [-0.25, -0.2) is 13.9 Å². The molecule has 5 heteroatoms. The Kier molecular flexibility index (Phi) is 5.55. The first-order valence-electron chi connectivity index (χ1n) is 4.39. The standard InChI is InChI=1S/C6H11N2.C3H6O3/c1-3-8-5-4-7(2)6-8;1-2(4)3(5)6/h4-6H,3H2,1-2H3;2,4H,1H3,(H,5,6)/q+1;. The Morgan fingerprint density at radius 1 is 1.64 bits per heavy atom. The van der Waals surface area contributed by atoms with Crippen LogP contribution in [0.1, 0.15) is 13.8 Å². The Bertz CT molecular complexity index is 281. The molecule has 1 rings (SSSR count). The summed E-state index contributed by atoms with van der Waals surface area (Å²) in [7, 11) is 2.02. The molecule has 1 atom stereocenters. The molecule has 80 valence electrons. The first-order chi connectivity index (χ1) is 6.47. The second-order valence-electron chi connectivity index (χ2n) is 2.92. The van der Waals surface area contributed by atoms with E-state index in [1.54, 1.807) is 0 Å². The van der Waals surface area contributed by atoms with Crippen LogP contribution in [-0.4, -0.2) is 26.9 Å². The molecule has 0 saturated carbocycles. The number of imidazole rings is 1. The van der Waals surface area contributed by atoms with Crippen LogP contribution in [0, 0.1) is 0 Å². The van der Waals surface area contributed by atoms with Crippen LogP contribution in [0.15, 0.2) is 18.7 Å². The zero-order chi connectivity index (χ0) is 11.1. The fourth-order valence-electron chi connectivity index (χ4n) is 0.689. The van der Waals surface area contributed by atoms with E-state index in [4.69, 9.17) is 10.2 Å². The van der Waals surface area contributed by atoms with Gasteiger partial charge in [0, 0.05) is 0 Å². The minimum Gasteiger partial charge on any atom is -0.479 e. The van der Waals surface area contributed by atoms with E-state index in [-0.39, 0.29) is 0 Å². The van der Waals surface area contributed by atoms with Crippen molar-refractivity contribution in [3.05, 3.63) is 18.7 Å². The van der Waals surface area contributed by atoms with E-state index in [1.165, 1.54) is 6.92 Å². The lowest BCUT2D eigenvalue weighted by Crippen LogP contribution is -2.23. The summed E-state index contributed by atoms with van der Waals surface area (Å²) in [5.41, 5.74) is 0. The van der Waals surface area contributed by atoms with Crippen molar-refractivity contribution >= 4 is 5.97 Å². The number of aromatic nitrogens is 2. The van der Waals surface area contributed by atoms with Gasteiger partial charge >= 0.3 is 5.97 Å². The van der Waals surface area contributed by atoms with Gasteiger partial charge in [0.15, 0.2) is 0 Å². The van der Waals surface area contributed by atoms with Crippen molar-refractivity contribution in [2.45, 2.75) is 26.5 Å². The minimum atomic E-state index is -1.23. The van der Waals surface area contributed by atoms with Gasteiger partial charge in [-0.05, 0) is 13.8 Å². The molecule has 0 radical (unpaired) electrons. The van der Waals surface area contributed by atoms with Crippen molar-refractivity contribution in [3.8, 4) is 0 Å². The van der Waals surface area contributed by atoms with Gasteiger partial charge < -0.3 is 10.2 Å². The van der Waals surface area contributed by atoms with E-state index >= 15 is 0 Å². The van der Waals surface area contributed by atoms with Crippen molar-refractivity contribution in [3.63, 3.8) is 0 Å². The summed E-state index contributed by atoms with van der Waals surface area (Å²) in [6.45, 7) is 4.38. The van der Waals surface area contributed by atoms with Crippen LogP contribution < -0.4 is 4.57 Å². The van der Waals surface area contributed by atoms with Gasteiger partial charge in [0.1, 0.15) is 18.5 Å². The first kappa shape index (κ1) is 12.6. The maximum absolute atomic E-state index is 9.45. The summed E-state index contributed by atoms with van der Waals surface area (Å²) in [4.78, 5) is 9.45. The number of hydrogen-bond acceptors (Lipinski definition) is 2. The number of hydrogen-bond donors (Lipinski definition) is 2. The van der Waals surface area contributed by atoms with Gasteiger partial charge in [-0.1, -0.05) is 0 Å². The van der Waals surface area contributed by atoms with Gasteiger partial charge in [-0.15, -0.1) is 0 Å². The second-order valence-corrected chi connectivity index (χ2v) is 2.92. The van der Waals surface area contributed by atoms with Gasteiger partial charge in [-0.2, -0.15) is 0 Å². The van der Waals surface area contributed by atoms with Gasteiger partial charge in [0.25, 0.3) is 0 Å². The summed E-state index contributed by atoms with van der Waals surface area (Å²) < 4.78 is 4.16. The summed E-state index contributed by atoms with van der Waals surface area (Å²) in [6, 6.07) is 0. The first-order valence-corrected chi connectivity index (χ1v) is 4.39. The van der Waals surface area contributed by atoms with E-state index in [1.807, 2.05) is 17.8 Å². The molecule has 0 bridgehead atoms. The zero-order valence-electron chi connectivity index (χ0n) is 8.71. The molecule has 1 heterocycles. The molecule has 1 aromatic heterocycles. The van der Waals surface area contributed by atoms with Gasteiger partial charge in [0.05, 0.1) is 13.6 Å². The summed E-state index contributed by atoms with van der Waals surface area (Å²) in [5, 5.41) is 15.8. The lowest BCUT2D eigenvalue weighted by Gasteiger charge is -1.89. The second kappa shape index (κ2) is 6.15. The maximum Gasteiger partial charge on any atom is 0.332 e. The molecule has 0 fully saturated rings. The van der Waals surface area contributed by atoms with E-state index in [0.717, 1.165) is 6.54 Å². The molecule has 14 heavy (non-hydrogen) atoms. The van der Waals surface area contributed by atoms with E-state index in [0.29, 0.717) is 0 Å². The number of carboxylic acid groups (broad SMARTS) is 1. The van der Waals surface area contributed by atoms with Crippen LogP contribution >= 0.6 is 0 Å². The molecule has 5 nitrogen and oxygen atoms in total. The fourth-order valence-corrected chi connectivity index (χ4v) is 0.689. The van der Waals surface area contributed by atoms with Crippen molar-refractivity contribution in [2.75, 3.05) is 0 Å². The minimum absolute atomic E-state index is 1.06. The Labute approximate surface area is 83.2 Å². The molecule has 0 aliphatic carbocycles. The molecule has 0 aliphatic heterocycles. The molecule has 0 aromatic carbocycles. The topological polar surface area (TPSA) is 66.3 Å². The summed E-state index contributed by atoms with van der Waals surface area (Å²) in [5.74, 6) is -1.19. The van der Waals surface area contributed by atoms with E-state index < -0.39 is 12.1 Å². The quantitative estimate of drug-likeness (QED) is 0.650. The van der Waals surface area contributed by atoms with Gasteiger partial charge in [0.2, 0.25) is 6.33 Å². The molecule has 0 spiro atoms. The van der Waals surface area contributed by atoms with Crippen molar-refractivity contribution in [1.82, 2.24) is 4.57 Å². The Balaban J connectivity index is 0.000000255. The Morgan fingerprint density at radius 2 is 2.14 bits per heavy atom. The summed E-state index contributed by atoms with van der Waals surface area (Å²) in [6.07, 6.45) is 4.91. The van der Waals surface area contributed by atoms with Crippen LogP contribution in [0.2, 0.25) is 0 Å². The molecular weight excluding hydrogens is 184 g/mol. The molecular formula is C9H17N2O3+. The van der Waals surface area contributed by atoms with Gasteiger partial charge in [-0.3, -0.25) is 0 Å². The Hall–Kier alpha value is -1.36. The zero-order valence-corrected chi connectivity index (χ0v) is 8.71. The predicted octanol–water partition coefficient (Wildman–Crippen LogP) is -0.216. The van der Waals surface area contributed by atoms with Crippen LogP contribution in [0.4, 0.5) is 0 Å². The number of aliphatic hydroxyl groups excluding tert-OH is 1. The van der Waals surface area contributed by atoms with Crippen LogP contribution in [0.25, 0.3) is 0 Å². The van der Waals surface area contributed by atoms with E-state index in [2.05, 4.69) is 24.0 Å². The smallest absolute Gasteiger partial charge is 0.332 e. The highest BCUT2D eigenvalue weighted by atomic mass is 16.4. The van der Waals surface area contributed by atoms with Crippen molar-refractivity contribution in [1.29, 1.82) is 0 Å². The number of carbonyl (C=O) groups is 1. The molecule has 0 amide bonds. The molecule has 0 aliphatic rings. The predicted molar refractivity (Wildman–Crippen MR) is 50.6 cm³/mol. The molecule has 2 N–H and O–H groups in total. The fraction of sp³-hybridized carbons (Fsp3) is 0.556. The van der Waals surface area contributed by atoms with Crippen molar-refractivity contribution < 1.29 is 19.6 Å². The SMILES string of the molecule is CC(O)C(=O)O.CCn1cc[n+](C)c1. The third-order valence-electron chi connectivity index (χ3n) is 1.55. The van der Waals surface area contributed by atoms with Crippen LogP contribution in [0.3, 0.4) is 0 Å². The number of carboxylic acids is 1. The third-order valence-corrected chi connectivity index (χ3v) is 1.55. The molecule has 0 saturated heterocycles. The lowest BCUT2D eigenvalue weighted by atomic mass is 10.4. The largest absolute Gasteiger partial charge is 0.479 e. The number of aliphatic carboxylic acids is 1. The van der Waals surface area contributed by atoms with Crippen molar-refractivity contribution in [2.24, 2.45) is 7.05 Å². The molecule has 1 aromatic rings. The normalized spacial score (nSPS) is 11.4. The maximum atomic E-state index is 9.45. The highest BCUT2D eigenvalue weighted by molar-refractivity contribution is 5.71. The molecule has 1 unspecified atom stereocenters. The lowest BCUT2D eigenvalue weighted by molar-refractivity contribution is -0.671. The van der Waals surface area contributed by atoms with E-state index in [9.17, 15) is 4.79 Å². The average molecular weight is 201 g/mol. The highest BCUT2D eigenvalue weighted by Gasteiger charge is 2.01. The Morgan fingerprint density at radius 3 is 2.29 bits per heavy atom. The van der Waals surface area contributed by atoms with Crippen LogP contribution in [0.5, 0.6) is 0 Å². The monoisotopic (exact) mass is 201 g/mol. The third kappa shape index (κ3) is 5.31. The number of rotatable bonds is 2. The number of aliphatic hydroxyl groups is 1. The average Bonchev–Trinajstić information content (AvgIpc) is 2.52. The van der Waals surface area contributed by atoms with Crippen LogP contribution in [-0.2, 0) is 18.4 Å².